The Morgan fingerprint density at radius 2 is 2.16 bits per heavy atom. The van der Waals surface area contributed by atoms with Gasteiger partial charge in [-0.05, 0) is 25.5 Å². The minimum Gasteiger partial charge on any atom is -0.335 e. The zero-order chi connectivity index (χ0) is 13.8. The van der Waals surface area contributed by atoms with Crippen molar-refractivity contribution < 1.29 is 0 Å². The number of nitrogens with zero attached hydrogens (tertiary/aromatic N) is 2. The molecule has 1 unspecified atom stereocenters. The van der Waals surface area contributed by atoms with Crippen LogP contribution in [0.2, 0.25) is 0 Å². The van der Waals surface area contributed by atoms with Gasteiger partial charge in [-0.1, -0.05) is 18.2 Å². The summed E-state index contributed by atoms with van der Waals surface area (Å²) < 4.78 is 1.60. The maximum atomic E-state index is 12.1. The molecule has 100 valence electrons. The summed E-state index contributed by atoms with van der Waals surface area (Å²) in [5.74, 6) is 0.314. The van der Waals surface area contributed by atoms with E-state index < -0.39 is 0 Å². The van der Waals surface area contributed by atoms with E-state index in [0.717, 1.165) is 11.3 Å². The van der Waals surface area contributed by atoms with Gasteiger partial charge in [-0.3, -0.25) is 4.79 Å². The van der Waals surface area contributed by atoms with Crippen molar-refractivity contribution in [2.24, 2.45) is 0 Å². The van der Waals surface area contributed by atoms with Gasteiger partial charge in [-0.2, -0.15) is 0 Å². The number of aryl methyl sites for hydroxylation is 1. The molecule has 1 aromatic carbocycles. The fourth-order valence-electron chi connectivity index (χ4n) is 1.87. The van der Waals surface area contributed by atoms with Gasteiger partial charge in [0.25, 0.3) is 5.56 Å². The van der Waals surface area contributed by atoms with Crippen molar-refractivity contribution in [1.82, 2.24) is 9.55 Å². The van der Waals surface area contributed by atoms with Gasteiger partial charge in [0.15, 0.2) is 5.82 Å². The lowest BCUT2D eigenvalue weighted by Gasteiger charge is -2.13. The van der Waals surface area contributed by atoms with Gasteiger partial charge in [-0.15, -0.1) is 11.6 Å². The first-order chi connectivity index (χ1) is 9.13. The summed E-state index contributed by atoms with van der Waals surface area (Å²) in [6, 6.07) is 7.63. The number of para-hydroxylation sites is 1. The van der Waals surface area contributed by atoms with E-state index in [1.165, 1.54) is 0 Å². The summed E-state index contributed by atoms with van der Waals surface area (Å²) >= 11 is 6.13. The van der Waals surface area contributed by atoms with Crippen LogP contribution in [0.4, 0.5) is 11.5 Å². The molecule has 0 spiro atoms. The van der Waals surface area contributed by atoms with Gasteiger partial charge >= 0.3 is 0 Å². The van der Waals surface area contributed by atoms with Crippen molar-refractivity contribution in [2.75, 3.05) is 5.32 Å². The molecule has 0 bridgehead atoms. The Kier molecular flexibility index (Phi) is 4.22. The fraction of sp³-hybridized carbons (Fsp3) is 0.286. The number of hydrogen-bond donors (Lipinski definition) is 1. The lowest BCUT2D eigenvalue weighted by molar-refractivity contribution is 0.720. The van der Waals surface area contributed by atoms with Gasteiger partial charge in [0, 0.05) is 24.6 Å². The summed E-state index contributed by atoms with van der Waals surface area (Å²) in [4.78, 5) is 16.2. The number of anilines is 2. The Morgan fingerprint density at radius 3 is 2.84 bits per heavy atom. The molecule has 0 saturated heterocycles. The van der Waals surface area contributed by atoms with E-state index in [1.54, 1.807) is 17.0 Å². The highest BCUT2D eigenvalue weighted by Gasteiger charge is 2.10. The van der Waals surface area contributed by atoms with Crippen molar-refractivity contribution in [3.05, 3.63) is 52.6 Å². The van der Waals surface area contributed by atoms with Crippen molar-refractivity contribution >= 4 is 23.1 Å². The van der Waals surface area contributed by atoms with Crippen LogP contribution in [0.25, 0.3) is 0 Å². The molecule has 0 radical (unpaired) electrons. The van der Waals surface area contributed by atoms with E-state index in [4.69, 9.17) is 11.6 Å². The van der Waals surface area contributed by atoms with Crippen LogP contribution >= 0.6 is 11.6 Å². The molecule has 2 rings (SSSR count). The molecule has 0 aliphatic carbocycles. The van der Waals surface area contributed by atoms with Crippen LogP contribution < -0.4 is 10.9 Å². The molecule has 1 heterocycles. The normalized spacial score (nSPS) is 12.2. The second-order valence-electron chi connectivity index (χ2n) is 4.20. The summed E-state index contributed by atoms with van der Waals surface area (Å²) in [6.07, 6.45) is 3.28. The van der Waals surface area contributed by atoms with Crippen LogP contribution in [0, 0.1) is 0 Å². The van der Waals surface area contributed by atoms with Crippen LogP contribution in [0.1, 0.15) is 24.8 Å². The van der Waals surface area contributed by atoms with Gasteiger partial charge in [0.1, 0.15) is 0 Å². The molecule has 2 aromatic rings. The highest BCUT2D eigenvalue weighted by atomic mass is 35.5. The second-order valence-corrected chi connectivity index (χ2v) is 4.85. The minimum atomic E-state index is -0.138. The van der Waals surface area contributed by atoms with Crippen molar-refractivity contribution in [2.45, 2.75) is 25.8 Å². The van der Waals surface area contributed by atoms with Crippen molar-refractivity contribution in [3.63, 3.8) is 0 Å². The Morgan fingerprint density at radius 1 is 1.42 bits per heavy atom. The third-order valence-electron chi connectivity index (χ3n) is 2.90. The Bertz CT molecular complexity index is 622. The molecule has 4 nitrogen and oxygen atoms in total. The van der Waals surface area contributed by atoms with Crippen LogP contribution in [-0.4, -0.2) is 9.55 Å². The van der Waals surface area contributed by atoms with E-state index in [9.17, 15) is 4.79 Å². The zero-order valence-electron chi connectivity index (χ0n) is 10.9. The summed E-state index contributed by atoms with van der Waals surface area (Å²) in [5, 5.41) is 2.93. The van der Waals surface area contributed by atoms with E-state index in [2.05, 4.69) is 10.3 Å². The lowest BCUT2D eigenvalue weighted by Crippen LogP contribution is -2.22. The van der Waals surface area contributed by atoms with Crippen molar-refractivity contribution in [1.29, 1.82) is 0 Å². The lowest BCUT2D eigenvalue weighted by atomic mass is 10.1. The molecule has 0 amide bonds. The highest BCUT2D eigenvalue weighted by molar-refractivity contribution is 6.21. The molecule has 5 heteroatoms. The monoisotopic (exact) mass is 277 g/mol. The van der Waals surface area contributed by atoms with E-state index >= 15 is 0 Å². The van der Waals surface area contributed by atoms with Crippen LogP contribution in [0.5, 0.6) is 0 Å². The SMILES string of the molecule is CCn1ccnc(Nc2ccccc2C(C)Cl)c1=O. The summed E-state index contributed by atoms with van der Waals surface area (Å²) in [5.41, 5.74) is 1.61. The summed E-state index contributed by atoms with van der Waals surface area (Å²) in [7, 11) is 0. The number of alkyl halides is 1. The standard InChI is InChI=1S/C14H16ClN3O/c1-3-18-9-8-16-13(14(18)19)17-12-7-5-4-6-11(12)10(2)15/h4-10H,3H2,1-2H3,(H,16,17). The maximum Gasteiger partial charge on any atom is 0.293 e. The number of halogens is 1. The number of rotatable bonds is 4. The maximum absolute atomic E-state index is 12.1. The average Bonchev–Trinajstić information content (AvgIpc) is 2.41. The molecule has 1 atom stereocenters. The van der Waals surface area contributed by atoms with Crippen LogP contribution in [0.15, 0.2) is 41.5 Å². The summed E-state index contributed by atoms with van der Waals surface area (Å²) in [6.45, 7) is 4.42. The van der Waals surface area contributed by atoms with Gasteiger partial charge < -0.3 is 9.88 Å². The Balaban J connectivity index is 2.40. The third kappa shape index (κ3) is 2.96. The quantitative estimate of drug-likeness (QED) is 0.872. The smallest absolute Gasteiger partial charge is 0.293 e. The first-order valence-electron chi connectivity index (χ1n) is 6.19. The predicted octanol–water partition coefficient (Wildman–Crippen LogP) is 3.31. The molecule has 0 aliphatic heterocycles. The zero-order valence-corrected chi connectivity index (χ0v) is 11.7. The topological polar surface area (TPSA) is 46.9 Å². The average molecular weight is 278 g/mol. The largest absolute Gasteiger partial charge is 0.335 e. The van der Waals surface area contributed by atoms with Gasteiger partial charge in [-0.25, -0.2) is 4.98 Å². The predicted molar refractivity (Wildman–Crippen MR) is 78.2 cm³/mol. The molecule has 1 N–H and O–H groups in total. The molecular weight excluding hydrogens is 262 g/mol. The number of benzene rings is 1. The number of nitrogens with one attached hydrogen (secondary N) is 1. The Hall–Kier alpha value is -1.81. The van der Waals surface area contributed by atoms with E-state index in [0.29, 0.717) is 12.4 Å². The van der Waals surface area contributed by atoms with Crippen molar-refractivity contribution in [3.8, 4) is 0 Å². The Labute approximate surface area is 117 Å². The third-order valence-corrected chi connectivity index (χ3v) is 3.13. The molecule has 19 heavy (non-hydrogen) atoms. The van der Waals surface area contributed by atoms with E-state index in [1.807, 2.05) is 38.1 Å². The molecule has 0 aliphatic rings. The van der Waals surface area contributed by atoms with Gasteiger partial charge in [0.2, 0.25) is 0 Å². The highest BCUT2D eigenvalue weighted by Crippen LogP contribution is 2.28. The number of hydrogen-bond acceptors (Lipinski definition) is 3. The first kappa shape index (κ1) is 13.6. The molecule has 0 fully saturated rings. The molecule has 1 aromatic heterocycles. The fourth-order valence-corrected chi connectivity index (χ4v) is 2.06. The first-order valence-corrected chi connectivity index (χ1v) is 6.62. The van der Waals surface area contributed by atoms with E-state index in [-0.39, 0.29) is 10.9 Å². The van der Waals surface area contributed by atoms with Crippen LogP contribution in [-0.2, 0) is 6.54 Å². The number of aromatic nitrogens is 2. The second kappa shape index (κ2) is 5.89. The molecule has 0 saturated carbocycles. The van der Waals surface area contributed by atoms with Gasteiger partial charge in [0.05, 0.1) is 5.38 Å². The van der Waals surface area contributed by atoms with Crippen LogP contribution in [0.3, 0.4) is 0 Å². The minimum absolute atomic E-state index is 0.137. The molecular formula is C14H16ClN3O.